The lowest BCUT2D eigenvalue weighted by molar-refractivity contribution is -0.146. The summed E-state index contributed by atoms with van der Waals surface area (Å²) in [6, 6.07) is 25.4. The van der Waals surface area contributed by atoms with E-state index in [-0.39, 0.29) is 0 Å². The number of hydrogen-bond acceptors (Lipinski definition) is 4. The predicted molar refractivity (Wildman–Crippen MR) is 141 cm³/mol. The van der Waals surface area contributed by atoms with Crippen LogP contribution in [-0.2, 0) is 24.4 Å². The second-order valence-corrected chi connectivity index (χ2v) is 9.98. The van der Waals surface area contributed by atoms with Gasteiger partial charge in [0.1, 0.15) is 18.2 Å². The molecule has 3 aromatic carbocycles. The fourth-order valence-corrected chi connectivity index (χ4v) is 4.28. The lowest BCUT2D eigenvalue weighted by atomic mass is 9.89. The minimum absolute atomic E-state index is 0.293. The zero-order chi connectivity index (χ0) is 25.3. The molecule has 0 spiro atoms. The monoisotopic (exact) mass is 499 g/mol. The number of halogens is 1. The maximum atomic E-state index is 11.8. The van der Waals surface area contributed by atoms with Crippen molar-refractivity contribution in [2.45, 2.75) is 33.4 Å². The third-order valence-corrected chi connectivity index (χ3v) is 6.53. The van der Waals surface area contributed by atoms with Gasteiger partial charge in [0.05, 0.1) is 27.7 Å². The zero-order valence-electron chi connectivity index (χ0n) is 20.1. The van der Waals surface area contributed by atoms with Gasteiger partial charge < -0.3 is 14.4 Å². The standard InChI is InChI=1S/C29H26ClN3O3/c1-29(2,28(34)35)16-27-32-25-15-23(36-18-22-12-9-20-5-3-4-6-24(20)31-22)13-14-26(25)33(27)17-19-7-10-21(30)11-8-19/h3-15H,16-18H2,1-2H3,(H,34,35). The molecule has 2 aromatic heterocycles. The Balaban J connectivity index is 1.44. The molecular weight excluding hydrogens is 474 g/mol. The second kappa shape index (κ2) is 9.63. The van der Waals surface area contributed by atoms with E-state index >= 15 is 0 Å². The number of aromatic nitrogens is 3. The van der Waals surface area contributed by atoms with E-state index in [1.54, 1.807) is 13.8 Å². The van der Waals surface area contributed by atoms with E-state index in [4.69, 9.17) is 21.3 Å². The molecule has 0 aliphatic heterocycles. The van der Waals surface area contributed by atoms with Crippen LogP contribution in [0.5, 0.6) is 5.75 Å². The molecule has 0 fully saturated rings. The van der Waals surface area contributed by atoms with E-state index in [9.17, 15) is 9.90 Å². The molecular formula is C29H26ClN3O3. The fraction of sp³-hybridized carbons (Fsp3) is 0.207. The summed E-state index contributed by atoms with van der Waals surface area (Å²) in [6.07, 6.45) is 0.293. The fourth-order valence-electron chi connectivity index (χ4n) is 4.15. The van der Waals surface area contributed by atoms with E-state index in [1.165, 1.54) is 0 Å². The quantitative estimate of drug-likeness (QED) is 0.263. The van der Waals surface area contributed by atoms with Crippen molar-refractivity contribution in [3.8, 4) is 5.75 Å². The molecule has 7 heteroatoms. The van der Waals surface area contributed by atoms with Gasteiger partial charge in [-0.25, -0.2) is 9.97 Å². The molecule has 0 amide bonds. The Morgan fingerprint density at radius 3 is 2.53 bits per heavy atom. The number of rotatable bonds is 8. The number of imidazole rings is 1. The molecule has 36 heavy (non-hydrogen) atoms. The van der Waals surface area contributed by atoms with Crippen molar-refractivity contribution in [2.24, 2.45) is 5.41 Å². The molecule has 0 saturated heterocycles. The number of hydrogen-bond donors (Lipinski definition) is 1. The molecule has 2 heterocycles. The van der Waals surface area contributed by atoms with Crippen LogP contribution in [0.2, 0.25) is 5.02 Å². The highest BCUT2D eigenvalue weighted by Gasteiger charge is 2.30. The Morgan fingerprint density at radius 1 is 0.972 bits per heavy atom. The van der Waals surface area contributed by atoms with Gasteiger partial charge in [0.25, 0.3) is 0 Å². The van der Waals surface area contributed by atoms with Crippen molar-refractivity contribution in [2.75, 3.05) is 0 Å². The summed E-state index contributed by atoms with van der Waals surface area (Å²) in [4.78, 5) is 21.3. The number of pyridine rings is 1. The molecule has 0 saturated carbocycles. The van der Waals surface area contributed by atoms with Crippen LogP contribution in [0.25, 0.3) is 21.9 Å². The molecule has 6 nitrogen and oxygen atoms in total. The first-order valence-corrected chi connectivity index (χ1v) is 12.1. The number of carboxylic acid groups (broad SMARTS) is 1. The highest BCUT2D eigenvalue weighted by molar-refractivity contribution is 6.30. The van der Waals surface area contributed by atoms with Crippen LogP contribution in [0.15, 0.2) is 78.9 Å². The molecule has 0 aliphatic carbocycles. The Bertz CT molecular complexity index is 1560. The lowest BCUT2D eigenvalue weighted by Crippen LogP contribution is -2.27. The van der Waals surface area contributed by atoms with Crippen LogP contribution in [0, 0.1) is 5.41 Å². The smallest absolute Gasteiger partial charge is 0.309 e. The molecule has 0 atom stereocenters. The number of carboxylic acids is 1. The first kappa shape index (κ1) is 23.8. The molecule has 5 aromatic rings. The van der Waals surface area contributed by atoms with E-state index in [0.717, 1.165) is 33.2 Å². The van der Waals surface area contributed by atoms with E-state index in [1.807, 2.05) is 78.9 Å². The topological polar surface area (TPSA) is 77.2 Å². The average Bonchev–Trinajstić information content (AvgIpc) is 3.19. The molecule has 0 bridgehead atoms. The average molecular weight is 500 g/mol. The number of fused-ring (bicyclic) bond motifs is 2. The first-order valence-electron chi connectivity index (χ1n) is 11.7. The molecule has 0 aliphatic rings. The van der Waals surface area contributed by atoms with E-state index < -0.39 is 11.4 Å². The van der Waals surface area contributed by atoms with Crippen LogP contribution in [0.3, 0.4) is 0 Å². The molecule has 0 unspecified atom stereocenters. The summed E-state index contributed by atoms with van der Waals surface area (Å²) >= 11 is 6.06. The van der Waals surface area contributed by atoms with Gasteiger partial charge in [-0.15, -0.1) is 0 Å². The van der Waals surface area contributed by atoms with Crippen molar-refractivity contribution in [1.82, 2.24) is 14.5 Å². The van der Waals surface area contributed by atoms with E-state index in [2.05, 4.69) is 9.55 Å². The molecule has 182 valence electrons. The summed E-state index contributed by atoms with van der Waals surface area (Å²) in [6.45, 7) is 4.32. The highest BCUT2D eigenvalue weighted by atomic mass is 35.5. The Hall–Kier alpha value is -3.90. The normalized spacial score (nSPS) is 11.8. The summed E-state index contributed by atoms with van der Waals surface area (Å²) in [5.41, 5.74) is 3.53. The number of aliphatic carboxylic acids is 1. The van der Waals surface area contributed by atoms with Gasteiger partial charge in [-0.3, -0.25) is 4.79 Å². The number of carbonyl (C=O) groups is 1. The highest BCUT2D eigenvalue weighted by Crippen LogP contribution is 2.28. The minimum Gasteiger partial charge on any atom is -0.487 e. The third kappa shape index (κ3) is 5.04. The van der Waals surface area contributed by atoms with Crippen LogP contribution in [0.1, 0.15) is 30.9 Å². The zero-order valence-corrected chi connectivity index (χ0v) is 20.9. The Morgan fingerprint density at radius 2 is 1.75 bits per heavy atom. The van der Waals surface area contributed by atoms with Gasteiger partial charge in [-0.2, -0.15) is 0 Å². The maximum absolute atomic E-state index is 11.8. The maximum Gasteiger partial charge on any atom is 0.309 e. The van der Waals surface area contributed by atoms with Gasteiger partial charge in [-0.1, -0.05) is 48.0 Å². The number of para-hydroxylation sites is 1. The van der Waals surface area contributed by atoms with Crippen molar-refractivity contribution in [3.63, 3.8) is 0 Å². The van der Waals surface area contributed by atoms with Crippen molar-refractivity contribution in [3.05, 3.63) is 101 Å². The molecule has 5 rings (SSSR count). The first-order chi connectivity index (χ1) is 17.3. The van der Waals surface area contributed by atoms with Crippen LogP contribution in [-0.4, -0.2) is 25.6 Å². The van der Waals surface area contributed by atoms with Crippen molar-refractivity contribution in [1.29, 1.82) is 0 Å². The van der Waals surface area contributed by atoms with Crippen molar-refractivity contribution < 1.29 is 14.6 Å². The number of ether oxygens (including phenoxy) is 1. The van der Waals surface area contributed by atoms with Gasteiger partial charge >= 0.3 is 5.97 Å². The SMILES string of the molecule is CC(C)(Cc1nc2cc(OCc3ccc4ccccc4n3)ccc2n1Cc1ccc(Cl)cc1)C(=O)O. The second-order valence-electron chi connectivity index (χ2n) is 9.54. The molecule has 1 N–H and O–H groups in total. The third-order valence-electron chi connectivity index (χ3n) is 6.27. The minimum atomic E-state index is -0.958. The lowest BCUT2D eigenvalue weighted by Gasteiger charge is -2.19. The largest absolute Gasteiger partial charge is 0.487 e. The number of nitrogens with zero attached hydrogens (tertiary/aromatic N) is 3. The van der Waals surface area contributed by atoms with E-state index in [0.29, 0.717) is 36.2 Å². The van der Waals surface area contributed by atoms with Gasteiger partial charge in [0, 0.05) is 29.4 Å². The summed E-state index contributed by atoms with van der Waals surface area (Å²) in [5.74, 6) is 0.526. The Labute approximate surface area is 214 Å². The summed E-state index contributed by atoms with van der Waals surface area (Å²) < 4.78 is 8.12. The van der Waals surface area contributed by atoms with Gasteiger partial charge in [-0.05, 0) is 55.8 Å². The summed E-state index contributed by atoms with van der Waals surface area (Å²) in [5, 5.41) is 11.5. The van der Waals surface area contributed by atoms with Crippen LogP contribution >= 0.6 is 11.6 Å². The van der Waals surface area contributed by atoms with Crippen LogP contribution < -0.4 is 4.74 Å². The van der Waals surface area contributed by atoms with Crippen molar-refractivity contribution >= 4 is 39.5 Å². The van der Waals surface area contributed by atoms with Crippen LogP contribution in [0.4, 0.5) is 0 Å². The number of benzene rings is 3. The predicted octanol–water partition coefficient (Wildman–Crippen LogP) is 6.52. The van der Waals surface area contributed by atoms with Gasteiger partial charge in [0.15, 0.2) is 0 Å². The Kier molecular flexibility index (Phi) is 6.37. The summed E-state index contributed by atoms with van der Waals surface area (Å²) in [7, 11) is 0. The van der Waals surface area contributed by atoms with Gasteiger partial charge in [0.2, 0.25) is 0 Å². The molecule has 0 radical (unpaired) electrons.